The highest BCUT2D eigenvalue weighted by atomic mass is 35.5. The molecule has 0 bridgehead atoms. The van der Waals surface area contributed by atoms with Gasteiger partial charge < -0.3 is 9.84 Å². The first-order valence-electron chi connectivity index (χ1n) is 14.8. The van der Waals surface area contributed by atoms with Gasteiger partial charge in [-0.3, -0.25) is 19.5 Å². The summed E-state index contributed by atoms with van der Waals surface area (Å²) in [5.74, 6) is -4.65. The number of nitrogens with zero attached hydrogens (tertiary/aromatic N) is 2. The lowest BCUT2D eigenvalue weighted by Crippen LogP contribution is -2.25. The van der Waals surface area contributed by atoms with Crippen LogP contribution in [0.15, 0.2) is 59.8 Å². The Labute approximate surface area is 294 Å². The van der Waals surface area contributed by atoms with Gasteiger partial charge in [-0.25, -0.2) is 22.9 Å². The Morgan fingerprint density at radius 1 is 1.10 bits per heavy atom. The number of fused-ring (bicyclic) bond motifs is 1. The van der Waals surface area contributed by atoms with Gasteiger partial charge in [0.2, 0.25) is 5.91 Å². The van der Waals surface area contributed by atoms with E-state index in [0.717, 1.165) is 48.0 Å². The molecule has 3 aromatic carbocycles. The molecule has 8 nitrogen and oxygen atoms in total. The second-order valence-corrected chi connectivity index (χ2v) is 13.6. The molecule has 1 saturated heterocycles. The molecule has 1 aliphatic heterocycles. The topological polar surface area (TPSA) is 111 Å². The van der Waals surface area contributed by atoms with E-state index in [0.29, 0.717) is 21.6 Å². The van der Waals surface area contributed by atoms with E-state index in [2.05, 4.69) is 5.32 Å². The number of aryl methyl sites for hydroxylation is 1. The third kappa shape index (κ3) is 8.41. The number of aromatic nitrogens is 2. The molecule has 2 aliphatic rings. The van der Waals surface area contributed by atoms with Gasteiger partial charge in [-0.05, 0) is 85.3 Å². The molecule has 0 radical (unpaired) electrons. The van der Waals surface area contributed by atoms with Crippen molar-refractivity contribution in [3.05, 3.63) is 105 Å². The number of carbonyl (C=O) groups is 3. The number of carboxylic acids is 1. The molecule has 2 unspecified atom stereocenters. The number of benzene rings is 3. The minimum absolute atomic E-state index is 0.0298. The lowest BCUT2D eigenvalue weighted by molar-refractivity contribution is -0.192. The SMILES string of the molecule is COc1cc(C2CCCc3nc(SCc4c(F)cc(CC5SC(=O)NC5=O)cc4F)n(-c4ccc(F)cc4)c32)ccc1Cl.O=C(O)C(F)(F)F. The largest absolute Gasteiger partial charge is 0.495 e. The number of imide groups is 1. The summed E-state index contributed by atoms with van der Waals surface area (Å²) in [4.78, 5) is 37.2. The van der Waals surface area contributed by atoms with Crippen LogP contribution in [0.3, 0.4) is 0 Å². The van der Waals surface area contributed by atoms with Crippen molar-refractivity contribution in [2.24, 2.45) is 0 Å². The van der Waals surface area contributed by atoms with Gasteiger partial charge in [0.25, 0.3) is 5.24 Å². The normalized spacial score (nSPS) is 17.1. The van der Waals surface area contributed by atoms with E-state index in [-0.39, 0.29) is 35.0 Å². The van der Waals surface area contributed by atoms with Crippen LogP contribution in [0.4, 0.5) is 31.1 Å². The molecule has 1 aliphatic carbocycles. The maximum absolute atomic E-state index is 15.2. The van der Waals surface area contributed by atoms with Crippen molar-refractivity contribution in [1.29, 1.82) is 0 Å². The number of nitrogens with one attached hydrogen (secondary N) is 1. The molecular weight excluding hydrogens is 732 g/mol. The minimum atomic E-state index is -5.08. The van der Waals surface area contributed by atoms with E-state index in [9.17, 15) is 27.2 Å². The lowest BCUT2D eigenvalue weighted by atomic mass is 9.84. The van der Waals surface area contributed by atoms with Crippen molar-refractivity contribution in [3.63, 3.8) is 0 Å². The predicted molar refractivity (Wildman–Crippen MR) is 175 cm³/mol. The van der Waals surface area contributed by atoms with Crippen LogP contribution in [0.2, 0.25) is 5.02 Å². The number of imidazole rings is 1. The van der Waals surface area contributed by atoms with Gasteiger partial charge in [0.05, 0.1) is 28.8 Å². The summed E-state index contributed by atoms with van der Waals surface area (Å²) in [5.41, 5.74) is 3.64. The van der Waals surface area contributed by atoms with Gasteiger partial charge in [0, 0.05) is 22.9 Å². The van der Waals surface area contributed by atoms with Crippen molar-refractivity contribution in [2.75, 3.05) is 7.11 Å². The molecule has 0 spiro atoms. The number of carbonyl (C=O) groups excluding carboxylic acids is 2. The Balaban J connectivity index is 0.000000630. The van der Waals surface area contributed by atoms with E-state index in [4.69, 9.17) is 31.2 Å². The van der Waals surface area contributed by atoms with Crippen LogP contribution in [0.1, 0.15) is 46.8 Å². The van der Waals surface area contributed by atoms with Crippen LogP contribution in [0.25, 0.3) is 5.69 Å². The van der Waals surface area contributed by atoms with Crippen LogP contribution in [0.5, 0.6) is 5.75 Å². The number of rotatable bonds is 8. The number of halogens is 7. The van der Waals surface area contributed by atoms with Crippen LogP contribution >= 0.6 is 35.1 Å². The summed E-state index contributed by atoms with van der Waals surface area (Å²) in [6.45, 7) is 0. The van der Waals surface area contributed by atoms with E-state index in [1.807, 2.05) is 16.7 Å². The van der Waals surface area contributed by atoms with Crippen molar-refractivity contribution >= 4 is 52.2 Å². The highest BCUT2D eigenvalue weighted by Crippen LogP contribution is 2.43. The quantitative estimate of drug-likeness (QED) is 0.137. The Hall–Kier alpha value is -4.15. The number of thioether (sulfide) groups is 2. The first-order chi connectivity index (χ1) is 23.7. The highest BCUT2D eigenvalue weighted by Gasteiger charge is 2.38. The zero-order chi connectivity index (χ0) is 36.3. The summed E-state index contributed by atoms with van der Waals surface area (Å²) in [6.07, 6.45) is -2.60. The molecule has 50 heavy (non-hydrogen) atoms. The number of hydrogen-bond acceptors (Lipinski definition) is 7. The maximum Gasteiger partial charge on any atom is 0.490 e. The minimum Gasteiger partial charge on any atom is -0.495 e. The fourth-order valence-corrected chi connectivity index (χ4v) is 7.66. The van der Waals surface area contributed by atoms with Gasteiger partial charge in [0.15, 0.2) is 5.16 Å². The molecule has 2 N–H and O–H groups in total. The average Bonchev–Trinajstić information content (AvgIpc) is 3.58. The summed E-state index contributed by atoms with van der Waals surface area (Å²) >= 11 is 8.29. The molecule has 1 aromatic heterocycles. The number of aliphatic carboxylic acids is 1. The third-order valence-corrected chi connectivity index (χ3v) is 10.1. The fourth-order valence-electron chi connectivity index (χ4n) is 5.55. The third-order valence-electron chi connectivity index (χ3n) is 7.83. The van der Waals surface area contributed by atoms with Gasteiger partial charge in [0.1, 0.15) is 23.2 Å². The standard InChI is InChI=1S/C31H25ClF3N3O3S2.C2HF3O2/c1-41-26-14-17(5-10-22(26)32)20-3-2-4-25-28(20)38(19-8-6-18(33)7-9-19)30(36-25)42-15-21-23(34)11-16(12-24(21)35)13-27-29(39)37-31(40)43-27;3-2(4,5)1(6)7/h5-12,14,20,27H,2-4,13,15H2,1H3,(H,37,39,40);(H,6,7). The molecule has 2 heterocycles. The fraction of sp³-hybridized carbons (Fsp3) is 0.273. The predicted octanol–water partition coefficient (Wildman–Crippen LogP) is 8.24. The van der Waals surface area contributed by atoms with Crippen molar-refractivity contribution in [3.8, 4) is 11.4 Å². The maximum atomic E-state index is 15.2. The number of methoxy groups -OCH3 is 1. The zero-order valence-corrected chi connectivity index (χ0v) is 28.2. The monoisotopic (exact) mass is 757 g/mol. The second-order valence-electron chi connectivity index (χ2n) is 11.1. The molecule has 1 fully saturated rings. The van der Waals surface area contributed by atoms with Crippen LogP contribution in [-0.2, 0) is 28.2 Å². The number of amides is 2. The molecule has 2 atom stereocenters. The van der Waals surface area contributed by atoms with Gasteiger partial charge >= 0.3 is 12.1 Å². The Morgan fingerprint density at radius 3 is 2.34 bits per heavy atom. The molecule has 0 saturated carbocycles. The van der Waals surface area contributed by atoms with Crippen molar-refractivity contribution in [1.82, 2.24) is 14.9 Å². The Kier molecular flexibility index (Phi) is 11.4. The van der Waals surface area contributed by atoms with Crippen molar-refractivity contribution in [2.45, 2.75) is 53.9 Å². The molecule has 264 valence electrons. The molecule has 6 rings (SSSR count). The summed E-state index contributed by atoms with van der Waals surface area (Å²) in [5, 5.41) is 9.14. The Bertz CT molecular complexity index is 1920. The molecular formula is C33H26ClF6N3O5S2. The Morgan fingerprint density at radius 2 is 1.76 bits per heavy atom. The first-order valence-corrected chi connectivity index (χ1v) is 17.0. The van der Waals surface area contributed by atoms with Gasteiger partial charge in [-0.1, -0.05) is 41.2 Å². The van der Waals surface area contributed by atoms with Crippen LogP contribution in [0, 0.1) is 17.5 Å². The molecule has 2 amide bonds. The summed E-state index contributed by atoms with van der Waals surface area (Å²) < 4.78 is 83.5. The van der Waals surface area contributed by atoms with Crippen LogP contribution < -0.4 is 10.1 Å². The average molecular weight is 758 g/mol. The summed E-state index contributed by atoms with van der Waals surface area (Å²) in [7, 11) is 1.56. The molecule has 17 heteroatoms. The van der Waals surface area contributed by atoms with E-state index in [1.54, 1.807) is 25.3 Å². The van der Waals surface area contributed by atoms with Gasteiger partial charge in [-0.2, -0.15) is 13.2 Å². The number of hydrogen-bond donors (Lipinski definition) is 2. The van der Waals surface area contributed by atoms with E-state index >= 15 is 8.78 Å². The van der Waals surface area contributed by atoms with E-state index in [1.165, 1.54) is 36.0 Å². The zero-order valence-electron chi connectivity index (χ0n) is 25.8. The second kappa shape index (κ2) is 15.4. The van der Waals surface area contributed by atoms with E-state index < -0.39 is 40.2 Å². The summed E-state index contributed by atoms with van der Waals surface area (Å²) in [6, 6.07) is 14.1. The highest BCUT2D eigenvalue weighted by molar-refractivity contribution is 8.15. The van der Waals surface area contributed by atoms with Gasteiger partial charge in [-0.15, -0.1) is 0 Å². The smallest absolute Gasteiger partial charge is 0.490 e. The van der Waals surface area contributed by atoms with Crippen molar-refractivity contribution < 1.29 is 50.6 Å². The molecule has 4 aromatic rings. The van der Waals surface area contributed by atoms with Crippen LogP contribution in [-0.4, -0.2) is 50.3 Å². The lowest BCUT2D eigenvalue weighted by Gasteiger charge is -2.26. The number of carboxylic acid groups (broad SMARTS) is 1. The number of ether oxygens (including phenoxy) is 1. The first kappa shape index (κ1) is 37.1. The number of alkyl halides is 3.